The number of alkyl halides is 1. The summed E-state index contributed by atoms with van der Waals surface area (Å²) >= 11 is 5.78. The van der Waals surface area contributed by atoms with Gasteiger partial charge in [0.25, 0.3) is 0 Å². The zero-order valence-corrected chi connectivity index (χ0v) is 11.0. The number of carbonyl (C=O) groups is 2. The van der Waals surface area contributed by atoms with Crippen molar-refractivity contribution < 1.29 is 14.3 Å². The highest BCUT2D eigenvalue weighted by Gasteiger charge is 2.26. The highest BCUT2D eigenvalue weighted by Crippen LogP contribution is 2.23. The smallest absolute Gasteiger partial charge is 0.331 e. The molecule has 0 spiro atoms. The molecule has 0 aliphatic heterocycles. The fraction of sp³-hybridized carbons (Fsp3) is 0.429. The molecule has 0 aromatic heterocycles. The minimum absolute atomic E-state index is 0.392. The molecule has 1 unspecified atom stereocenters. The van der Waals surface area contributed by atoms with Crippen LogP contribution in [0.15, 0.2) is 18.2 Å². The van der Waals surface area contributed by atoms with E-state index < -0.39 is 17.1 Å². The number of hydrogen-bond donors (Lipinski definition) is 0. The number of fused-ring (bicyclic) bond motifs is 1. The van der Waals surface area contributed by atoms with Gasteiger partial charge < -0.3 is 4.74 Å². The summed E-state index contributed by atoms with van der Waals surface area (Å²) in [4.78, 5) is 23.2. The van der Waals surface area contributed by atoms with E-state index in [0.29, 0.717) is 5.56 Å². The van der Waals surface area contributed by atoms with Crippen LogP contribution in [0, 0.1) is 0 Å². The van der Waals surface area contributed by atoms with Crippen molar-refractivity contribution in [3.63, 3.8) is 0 Å². The van der Waals surface area contributed by atoms with Gasteiger partial charge in [-0.15, -0.1) is 11.6 Å². The van der Waals surface area contributed by atoms with Gasteiger partial charge in [0, 0.05) is 5.56 Å². The molecule has 0 saturated heterocycles. The van der Waals surface area contributed by atoms with E-state index in [0.717, 1.165) is 19.3 Å². The predicted octanol–water partition coefficient (Wildman–Crippen LogP) is 2.53. The molecule has 2 rings (SSSR count). The molecule has 1 atom stereocenters. The second kappa shape index (κ2) is 5.53. The van der Waals surface area contributed by atoms with Crippen molar-refractivity contribution in [1.82, 2.24) is 0 Å². The van der Waals surface area contributed by atoms with Crippen molar-refractivity contribution in [2.45, 2.75) is 31.1 Å². The molecule has 0 heterocycles. The lowest BCUT2D eigenvalue weighted by Crippen LogP contribution is -2.26. The zero-order valence-electron chi connectivity index (χ0n) is 10.2. The number of hydrogen-bond acceptors (Lipinski definition) is 3. The first kappa shape index (κ1) is 13.1. The Morgan fingerprint density at radius 1 is 1.22 bits per heavy atom. The van der Waals surface area contributed by atoms with Gasteiger partial charge in [0.05, 0.1) is 7.11 Å². The van der Waals surface area contributed by atoms with Gasteiger partial charge in [-0.3, -0.25) is 4.79 Å². The first-order chi connectivity index (χ1) is 8.63. The molecule has 1 aromatic rings. The van der Waals surface area contributed by atoms with Crippen molar-refractivity contribution >= 4 is 23.4 Å². The van der Waals surface area contributed by atoms with Gasteiger partial charge >= 0.3 is 5.97 Å². The highest BCUT2D eigenvalue weighted by atomic mass is 35.5. The van der Waals surface area contributed by atoms with E-state index in [1.54, 1.807) is 6.07 Å². The van der Waals surface area contributed by atoms with Gasteiger partial charge in [0.2, 0.25) is 0 Å². The zero-order chi connectivity index (χ0) is 13.1. The molecule has 0 N–H and O–H groups in total. The van der Waals surface area contributed by atoms with Gasteiger partial charge in [0.1, 0.15) is 0 Å². The van der Waals surface area contributed by atoms with Crippen LogP contribution in [0.2, 0.25) is 0 Å². The minimum atomic E-state index is -1.25. The van der Waals surface area contributed by atoms with Crippen LogP contribution in [-0.4, -0.2) is 24.2 Å². The van der Waals surface area contributed by atoms with Gasteiger partial charge in [-0.2, -0.15) is 0 Å². The standard InChI is InChI=1S/C14H15ClO3/c1-18-14(17)12(15)13(16)11-7-6-9-4-2-3-5-10(9)8-11/h6-8,12H,2-5H2,1H3. The number of carbonyl (C=O) groups excluding carboxylic acids is 2. The molecular formula is C14H15ClO3. The quantitative estimate of drug-likeness (QED) is 0.365. The number of rotatable bonds is 3. The van der Waals surface area contributed by atoms with Crippen LogP contribution in [0.1, 0.15) is 34.3 Å². The Balaban J connectivity index is 2.23. The maximum Gasteiger partial charge on any atom is 0.331 e. The Morgan fingerprint density at radius 3 is 2.56 bits per heavy atom. The van der Waals surface area contributed by atoms with Crippen molar-refractivity contribution in [3.05, 3.63) is 34.9 Å². The van der Waals surface area contributed by atoms with Crippen molar-refractivity contribution in [1.29, 1.82) is 0 Å². The predicted molar refractivity (Wildman–Crippen MR) is 69.1 cm³/mol. The van der Waals surface area contributed by atoms with Crippen molar-refractivity contribution in [3.8, 4) is 0 Å². The number of esters is 1. The summed E-state index contributed by atoms with van der Waals surface area (Å²) in [6.07, 6.45) is 4.39. The summed E-state index contributed by atoms with van der Waals surface area (Å²) in [7, 11) is 1.22. The summed E-state index contributed by atoms with van der Waals surface area (Å²) in [5, 5.41) is -1.25. The average Bonchev–Trinajstić information content (AvgIpc) is 2.44. The SMILES string of the molecule is COC(=O)C(Cl)C(=O)c1ccc2c(c1)CCCC2. The molecule has 1 aliphatic carbocycles. The molecule has 18 heavy (non-hydrogen) atoms. The second-order valence-electron chi connectivity index (χ2n) is 4.44. The van der Waals surface area contributed by atoms with E-state index in [2.05, 4.69) is 4.74 Å². The molecule has 3 nitrogen and oxygen atoms in total. The Morgan fingerprint density at radius 2 is 1.89 bits per heavy atom. The molecule has 0 radical (unpaired) electrons. The number of ketones is 1. The highest BCUT2D eigenvalue weighted by molar-refractivity contribution is 6.43. The first-order valence-electron chi connectivity index (χ1n) is 6.01. The van der Waals surface area contributed by atoms with E-state index in [1.165, 1.54) is 24.7 Å². The molecule has 0 bridgehead atoms. The van der Waals surface area contributed by atoms with Gasteiger partial charge in [-0.25, -0.2) is 4.79 Å². The summed E-state index contributed by atoms with van der Waals surface area (Å²) in [6, 6.07) is 5.56. The van der Waals surface area contributed by atoms with Crippen LogP contribution >= 0.6 is 11.6 Å². The molecule has 0 saturated carbocycles. The Hall–Kier alpha value is -1.35. The van der Waals surface area contributed by atoms with Crippen LogP contribution in [0.3, 0.4) is 0 Å². The molecule has 1 aromatic carbocycles. The van der Waals surface area contributed by atoms with E-state index in [9.17, 15) is 9.59 Å². The van der Waals surface area contributed by atoms with E-state index in [-0.39, 0.29) is 0 Å². The van der Waals surface area contributed by atoms with Crippen molar-refractivity contribution in [2.24, 2.45) is 0 Å². The van der Waals surface area contributed by atoms with Crippen LogP contribution in [0.25, 0.3) is 0 Å². The number of benzene rings is 1. The minimum Gasteiger partial charge on any atom is -0.468 e. The number of ether oxygens (including phenoxy) is 1. The normalized spacial score (nSPS) is 15.7. The first-order valence-corrected chi connectivity index (χ1v) is 6.45. The summed E-state index contributed by atoms with van der Waals surface area (Å²) in [5.74, 6) is -1.10. The van der Waals surface area contributed by atoms with Crippen LogP contribution in [0.4, 0.5) is 0 Å². The van der Waals surface area contributed by atoms with Gasteiger partial charge in [0.15, 0.2) is 11.2 Å². The fourth-order valence-corrected chi connectivity index (χ4v) is 2.46. The lowest BCUT2D eigenvalue weighted by molar-refractivity contribution is -0.139. The summed E-state index contributed by atoms with van der Waals surface area (Å²) in [6.45, 7) is 0. The lowest BCUT2D eigenvalue weighted by Gasteiger charge is -2.16. The average molecular weight is 267 g/mol. The number of methoxy groups -OCH3 is 1. The molecule has 0 amide bonds. The lowest BCUT2D eigenvalue weighted by atomic mass is 9.89. The van der Waals surface area contributed by atoms with E-state index in [4.69, 9.17) is 11.6 Å². The third-order valence-corrected chi connectivity index (χ3v) is 3.65. The van der Waals surface area contributed by atoms with E-state index >= 15 is 0 Å². The van der Waals surface area contributed by atoms with Crippen LogP contribution in [-0.2, 0) is 22.4 Å². The number of halogens is 1. The van der Waals surface area contributed by atoms with E-state index in [1.807, 2.05) is 12.1 Å². The number of Topliss-reactive ketones (excluding diaryl/α,β-unsaturated/α-hetero) is 1. The molecule has 4 heteroatoms. The van der Waals surface area contributed by atoms with Crippen molar-refractivity contribution in [2.75, 3.05) is 7.11 Å². The fourth-order valence-electron chi connectivity index (χ4n) is 2.24. The number of aryl methyl sites for hydroxylation is 2. The Bertz CT molecular complexity index is 482. The maximum atomic E-state index is 12.0. The summed E-state index contributed by atoms with van der Waals surface area (Å²) < 4.78 is 4.48. The van der Waals surface area contributed by atoms with Crippen LogP contribution < -0.4 is 0 Å². The van der Waals surface area contributed by atoms with Gasteiger partial charge in [-0.05, 0) is 42.9 Å². The third kappa shape index (κ3) is 2.56. The Kier molecular flexibility index (Phi) is 4.02. The largest absolute Gasteiger partial charge is 0.468 e. The topological polar surface area (TPSA) is 43.4 Å². The third-order valence-electron chi connectivity index (χ3n) is 3.27. The van der Waals surface area contributed by atoms with Crippen LogP contribution in [0.5, 0.6) is 0 Å². The molecule has 96 valence electrons. The second-order valence-corrected chi connectivity index (χ2v) is 4.88. The molecule has 0 fully saturated rings. The molecular weight excluding hydrogens is 252 g/mol. The van der Waals surface area contributed by atoms with Gasteiger partial charge in [-0.1, -0.05) is 12.1 Å². The summed E-state index contributed by atoms with van der Waals surface area (Å²) in [5.41, 5.74) is 2.98. The monoisotopic (exact) mass is 266 g/mol. The Labute approximate surface area is 111 Å². The maximum absolute atomic E-state index is 12.0. The molecule has 1 aliphatic rings.